The number of phosphoric ester groups is 1. The van der Waals surface area contributed by atoms with Gasteiger partial charge in [0.1, 0.15) is 18.3 Å². The van der Waals surface area contributed by atoms with E-state index in [1.807, 2.05) is 6.07 Å². The van der Waals surface area contributed by atoms with Gasteiger partial charge in [-0.15, -0.1) is 5.10 Å². The maximum Gasteiger partial charge on any atom is 0.469 e. The lowest BCUT2D eigenvalue weighted by molar-refractivity contribution is -0.201. The van der Waals surface area contributed by atoms with E-state index in [4.69, 9.17) is 28.5 Å². The Labute approximate surface area is 228 Å². The maximum absolute atomic E-state index is 12.5. The average molecular weight is 609 g/mol. The number of amides is 1. The molecule has 1 unspecified atom stereocenters. The summed E-state index contributed by atoms with van der Waals surface area (Å²) in [6.07, 6.45) is -0.825. The Balaban J connectivity index is 1.23. The topological polar surface area (TPSA) is 201 Å². The highest BCUT2D eigenvalue weighted by Gasteiger charge is 2.56. The number of nitrogens with one attached hydrogen (secondary N) is 1. The molecule has 39 heavy (non-hydrogen) atoms. The van der Waals surface area contributed by atoms with E-state index < -0.39 is 57.5 Å². The van der Waals surface area contributed by atoms with Crippen molar-refractivity contribution < 1.29 is 51.9 Å². The van der Waals surface area contributed by atoms with Crippen molar-refractivity contribution >= 4 is 31.9 Å². The van der Waals surface area contributed by atoms with Gasteiger partial charge >= 0.3 is 14.6 Å². The van der Waals surface area contributed by atoms with E-state index in [2.05, 4.69) is 20.2 Å². The van der Waals surface area contributed by atoms with Gasteiger partial charge in [0.25, 0.3) is 5.91 Å². The Morgan fingerprint density at radius 1 is 1.13 bits per heavy atom. The maximum atomic E-state index is 12.5. The number of carbonyl (C=O) groups excluding carboxylic acids is 1. The summed E-state index contributed by atoms with van der Waals surface area (Å²) in [5.41, 5.74) is 0.0126. The van der Waals surface area contributed by atoms with Crippen LogP contribution in [-0.4, -0.2) is 79.4 Å². The van der Waals surface area contributed by atoms with Gasteiger partial charge in [0.05, 0.1) is 19.4 Å². The second-order valence-electron chi connectivity index (χ2n) is 9.17. The molecule has 216 valence electrons. The summed E-state index contributed by atoms with van der Waals surface area (Å²) in [6, 6.07) is 8.77. The van der Waals surface area contributed by atoms with Crippen molar-refractivity contribution in [2.75, 3.05) is 19.8 Å². The molecule has 4 rings (SSSR count). The van der Waals surface area contributed by atoms with E-state index in [-0.39, 0.29) is 18.8 Å². The number of fused-ring (bicyclic) bond motifs is 1. The lowest BCUT2D eigenvalue weighted by Crippen LogP contribution is -2.32. The van der Waals surface area contributed by atoms with Crippen LogP contribution in [0.3, 0.4) is 0 Å². The highest BCUT2D eigenvalue weighted by Crippen LogP contribution is 2.59. The van der Waals surface area contributed by atoms with Crippen LogP contribution < -0.4 is 5.32 Å². The van der Waals surface area contributed by atoms with Crippen molar-refractivity contribution in [3.63, 3.8) is 0 Å². The third kappa shape index (κ3) is 8.65. The first-order chi connectivity index (χ1) is 18.3. The molecule has 2 aromatic rings. The molecular weight excluding hydrogens is 578 g/mol. The molecule has 0 spiro atoms. The van der Waals surface area contributed by atoms with Crippen molar-refractivity contribution in [1.82, 2.24) is 20.3 Å². The first-order valence-corrected chi connectivity index (χ1v) is 16.5. The Bertz CT molecular complexity index is 1230. The van der Waals surface area contributed by atoms with E-state index in [0.29, 0.717) is 17.7 Å². The lowest BCUT2D eigenvalue weighted by atomic mass is 10.1. The van der Waals surface area contributed by atoms with E-state index >= 15 is 0 Å². The van der Waals surface area contributed by atoms with Gasteiger partial charge in [-0.05, 0) is 50.2 Å². The number of carbonyl (C=O) groups is 1. The minimum atomic E-state index is -4.73. The number of hydrogen-bond donors (Lipinski definition) is 4. The SMILES string of the molecule is CC1(C)O[C@@H]2[C@H](O1)[C@@H](COP(=O)(O)O)O[C@H]2n1cc(C(=O)NCCCCOP(=O)(O)Sc2ccccc2)nn1. The van der Waals surface area contributed by atoms with Crippen molar-refractivity contribution in [3.8, 4) is 0 Å². The molecule has 2 saturated heterocycles. The summed E-state index contributed by atoms with van der Waals surface area (Å²) in [5, 5.41) is 10.5. The normalized spacial score (nSPS) is 25.8. The number of aromatic nitrogens is 3. The second kappa shape index (κ2) is 12.5. The van der Waals surface area contributed by atoms with Crippen molar-refractivity contribution in [3.05, 3.63) is 42.2 Å². The van der Waals surface area contributed by atoms with Crippen LogP contribution in [0.1, 0.15) is 43.4 Å². The molecule has 3 heterocycles. The molecular formula is C21H30N4O11P2S. The molecule has 18 heteroatoms. The number of unbranched alkanes of at least 4 members (excludes halogenated alkanes) is 1. The average Bonchev–Trinajstić information content (AvgIpc) is 3.53. The van der Waals surface area contributed by atoms with Crippen molar-refractivity contribution in [2.24, 2.45) is 0 Å². The van der Waals surface area contributed by atoms with Crippen LogP contribution in [0.5, 0.6) is 0 Å². The smallest absolute Gasteiger partial charge is 0.351 e. The Kier molecular flexibility index (Phi) is 9.67. The molecule has 5 atom stereocenters. The summed E-state index contributed by atoms with van der Waals surface area (Å²) in [4.78, 5) is 41.2. The van der Waals surface area contributed by atoms with Gasteiger partial charge < -0.3 is 38.7 Å². The fourth-order valence-electron chi connectivity index (χ4n) is 4.02. The summed E-state index contributed by atoms with van der Waals surface area (Å²) < 4.78 is 51.9. The number of hydrogen-bond acceptors (Lipinski definition) is 11. The summed E-state index contributed by atoms with van der Waals surface area (Å²) in [7, 11) is -4.73. The molecule has 15 nitrogen and oxygen atoms in total. The van der Waals surface area contributed by atoms with Gasteiger partial charge in [0.15, 0.2) is 17.7 Å². The summed E-state index contributed by atoms with van der Waals surface area (Å²) >= 11 is 0.767. The first kappa shape index (κ1) is 30.3. The fraction of sp³-hybridized carbons (Fsp3) is 0.571. The van der Waals surface area contributed by atoms with Crippen LogP contribution >= 0.6 is 26.0 Å². The zero-order chi connectivity index (χ0) is 28.3. The molecule has 4 N–H and O–H groups in total. The van der Waals surface area contributed by atoms with Crippen molar-refractivity contribution in [2.45, 2.75) is 61.9 Å². The lowest BCUT2D eigenvalue weighted by Gasteiger charge is -2.24. The fourth-order valence-corrected chi connectivity index (χ4v) is 6.87. The Morgan fingerprint density at radius 3 is 2.56 bits per heavy atom. The standard InChI is InChI=1S/C21H30N4O11P2S/c1-21(2)35-17-16(13-33-37(27,28)29)34-20(18(17)36-21)25-12-15(23-24-25)19(26)22-10-6-7-11-32-38(30,31)39-14-8-4-3-5-9-14/h3-5,8-9,12,16-18,20H,6-7,10-11,13H2,1-2H3,(H,22,26)(H,30,31)(H2,27,28,29)/t16-,17-,18-,20-/m1/s1. The minimum Gasteiger partial charge on any atom is -0.351 e. The van der Waals surface area contributed by atoms with E-state index in [0.717, 1.165) is 11.4 Å². The number of benzene rings is 1. The predicted octanol–water partition coefficient (Wildman–Crippen LogP) is 2.22. The molecule has 0 bridgehead atoms. The van der Waals surface area contributed by atoms with Gasteiger partial charge in [-0.2, -0.15) is 0 Å². The predicted molar refractivity (Wildman–Crippen MR) is 135 cm³/mol. The molecule has 2 fully saturated rings. The number of ether oxygens (including phenoxy) is 3. The second-order valence-corrected chi connectivity index (χ2v) is 14.2. The quantitative estimate of drug-likeness (QED) is 0.190. The van der Waals surface area contributed by atoms with Gasteiger partial charge in [0, 0.05) is 11.4 Å². The number of rotatable bonds is 13. The first-order valence-electron chi connectivity index (χ1n) is 12.0. The summed E-state index contributed by atoms with van der Waals surface area (Å²) in [5.74, 6) is -1.47. The molecule has 1 amide bonds. The minimum absolute atomic E-state index is 0.0126. The van der Waals surface area contributed by atoms with Gasteiger partial charge in [-0.3, -0.25) is 9.32 Å². The third-order valence-corrected chi connectivity index (χ3v) is 8.96. The Hall–Kier alpha value is -1.68. The van der Waals surface area contributed by atoms with Gasteiger partial charge in [0.2, 0.25) is 0 Å². The van der Waals surface area contributed by atoms with Crippen molar-refractivity contribution in [1.29, 1.82) is 0 Å². The van der Waals surface area contributed by atoms with E-state index in [9.17, 15) is 18.8 Å². The molecule has 1 aromatic carbocycles. The Morgan fingerprint density at radius 2 is 1.85 bits per heavy atom. The largest absolute Gasteiger partial charge is 0.469 e. The molecule has 2 aliphatic rings. The van der Waals surface area contributed by atoms with Crippen LogP contribution in [0.2, 0.25) is 0 Å². The van der Waals surface area contributed by atoms with E-state index in [1.54, 1.807) is 38.1 Å². The molecule has 0 aliphatic carbocycles. The van der Waals surface area contributed by atoms with Crippen LogP contribution in [0.25, 0.3) is 0 Å². The van der Waals surface area contributed by atoms with Gasteiger partial charge in [-0.1, -0.05) is 23.4 Å². The molecule has 1 aromatic heterocycles. The van der Waals surface area contributed by atoms with Crippen LogP contribution in [0.15, 0.2) is 41.4 Å². The molecule has 0 saturated carbocycles. The zero-order valence-electron chi connectivity index (χ0n) is 21.1. The van der Waals surface area contributed by atoms with Crippen LogP contribution in [0, 0.1) is 0 Å². The zero-order valence-corrected chi connectivity index (χ0v) is 23.7. The number of phosphoric acid groups is 1. The molecule has 2 aliphatic heterocycles. The highest BCUT2D eigenvalue weighted by atomic mass is 32.7. The van der Waals surface area contributed by atoms with Gasteiger partial charge in [-0.25, -0.2) is 13.8 Å². The third-order valence-electron chi connectivity index (χ3n) is 5.61. The van der Waals surface area contributed by atoms with E-state index in [1.165, 1.54) is 10.9 Å². The van der Waals surface area contributed by atoms with Crippen LogP contribution in [0.4, 0.5) is 0 Å². The highest BCUT2D eigenvalue weighted by molar-refractivity contribution is 8.54. The number of nitrogens with zero attached hydrogens (tertiary/aromatic N) is 3. The summed E-state index contributed by atoms with van der Waals surface area (Å²) in [6.45, 7) is -0.580. The molecule has 0 radical (unpaired) electrons. The monoisotopic (exact) mass is 608 g/mol. The van der Waals surface area contributed by atoms with Crippen LogP contribution in [-0.2, 0) is 32.4 Å².